The number of nitrogens with zero attached hydrogens (tertiary/aromatic N) is 1. The predicted octanol–water partition coefficient (Wildman–Crippen LogP) is 2.46. The van der Waals surface area contributed by atoms with Crippen LogP contribution < -0.4 is 5.73 Å². The smallest absolute Gasteiger partial charge is 0.0314 e. The molecule has 0 aromatic heterocycles. The van der Waals surface area contributed by atoms with E-state index in [1.807, 2.05) is 12.1 Å². The Hall–Kier alpha value is -1.28. The van der Waals surface area contributed by atoms with Crippen LogP contribution in [-0.4, -0.2) is 24.5 Å². The van der Waals surface area contributed by atoms with Crippen LogP contribution in [0.2, 0.25) is 0 Å². The number of anilines is 1. The van der Waals surface area contributed by atoms with Crippen molar-refractivity contribution in [3.05, 3.63) is 42.0 Å². The number of hydrogen-bond donors (Lipinski definition) is 1. The summed E-state index contributed by atoms with van der Waals surface area (Å²) in [4.78, 5) is 2.51. The van der Waals surface area contributed by atoms with Crippen LogP contribution in [0.4, 0.5) is 5.69 Å². The molecule has 1 heterocycles. The first kappa shape index (κ1) is 11.2. The van der Waals surface area contributed by atoms with E-state index in [-0.39, 0.29) is 0 Å². The van der Waals surface area contributed by atoms with Crippen molar-refractivity contribution < 1.29 is 0 Å². The van der Waals surface area contributed by atoms with Crippen LogP contribution in [0.5, 0.6) is 0 Å². The maximum absolute atomic E-state index is 5.66. The highest BCUT2D eigenvalue weighted by molar-refractivity contribution is 5.39. The van der Waals surface area contributed by atoms with Crippen LogP contribution in [0.15, 0.2) is 36.4 Å². The van der Waals surface area contributed by atoms with Gasteiger partial charge in [0.2, 0.25) is 0 Å². The molecule has 2 heteroatoms. The maximum Gasteiger partial charge on any atom is 0.0314 e. The molecule has 0 saturated heterocycles. The molecule has 86 valence electrons. The standard InChI is InChI=1S/C14H20N2/c15-14-8-6-13(7-9-14)5-4-12-16-10-2-1-3-11-16/h1-2,6-9H,3-5,10-12,15H2. The van der Waals surface area contributed by atoms with Crippen LogP contribution in [0.1, 0.15) is 18.4 Å². The highest BCUT2D eigenvalue weighted by atomic mass is 15.1. The summed E-state index contributed by atoms with van der Waals surface area (Å²) < 4.78 is 0. The molecule has 0 amide bonds. The normalized spacial score (nSPS) is 16.5. The van der Waals surface area contributed by atoms with Crippen molar-refractivity contribution in [1.82, 2.24) is 4.90 Å². The molecule has 0 bridgehead atoms. The average molecular weight is 216 g/mol. The highest BCUT2D eigenvalue weighted by Crippen LogP contribution is 2.09. The summed E-state index contributed by atoms with van der Waals surface area (Å²) in [6.07, 6.45) is 8.14. The zero-order valence-electron chi connectivity index (χ0n) is 9.73. The summed E-state index contributed by atoms with van der Waals surface area (Å²) in [6, 6.07) is 8.23. The molecule has 0 radical (unpaired) electrons. The van der Waals surface area contributed by atoms with Gasteiger partial charge in [0.1, 0.15) is 0 Å². The van der Waals surface area contributed by atoms with Crippen molar-refractivity contribution in [2.45, 2.75) is 19.3 Å². The van der Waals surface area contributed by atoms with Gasteiger partial charge in [-0.1, -0.05) is 24.3 Å². The maximum atomic E-state index is 5.66. The first-order chi connectivity index (χ1) is 7.84. The van der Waals surface area contributed by atoms with Crippen molar-refractivity contribution in [2.24, 2.45) is 0 Å². The minimum Gasteiger partial charge on any atom is -0.399 e. The van der Waals surface area contributed by atoms with Gasteiger partial charge in [-0.25, -0.2) is 0 Å². The van der Waals surface area contributed by atoms with Gasteiger partial charge < -0.3 is 5.73 Å². The van der Waals surface area contributed by atoms with Gasteiger partial charge in [0.25, 0.3) is 0 Å². The Balaban J connectivity index is 1.71. The fourth-order valence-electron chi connectivity index (χ4n) is 2.08. The second-order valence-electron chi connectivity index (χ2n) is 4.41. The number of benzene rings is 1. The van der Waals surface area contributed by atoms with E-state index in [0.717, 1.165) is 18.7 Å². The lowest BCUT2D eigenvalue weighted by Gasteiger charge is -2.22. The number of rotatable bonds is 4. The number of nitrogens with two attached hydrogens (primary N) is 1. The Labute approximate surface area is 97.8 Å². The van der Waals surface area contributed by atoms with E-state index < -0.39 is 0 Å². The molecule has 0 spiro atoms. The van der Waals surface area contributed by atoms with Gasteiger partial charge in [-0.2, -0.15) is 0 Å². The molecule has 0 atom stereocenters. The molecule has 2 N–H and O–H groups in total. The second kappa shape index (κ2) is 5.71. The Morgan fingerprint density at radius 3 is 2.62 bits per heavy atom. The average Bonchev–Trinajstić information content (AvgIpc) is 2.33. The zero-order valence-corrected chi connectivity index (χ0v) is 9.73. The molecule has 1 aliphatic heterocycles. The highest BCUT2D eigenvalue weighted by Gasteiger charge is 2.04. The van der Waals surface area contributed by atoms with Crippen LogP contribution >= 0.6 is 0 Å². The van der Waals surface area contributed by atoms with Crippen molar-refractivity contribution >= 4 is 5.69 Å². The Morgan fingerprint density at radius 2 is 1.94 bits per heavy atom. The third-order valence-electron chi connectivity index (χ3n) is 3.06. The fraction of sp³-hybridized carbons (Fsp3) is 0.429. The summed E-state index contributed by atoms with van der Waals surface area (Å²) in [6.45, 7) is 3.55. The van der Waals surface area contributed by atoms with Crippen molar-refractivity contribution in [3.8, 4) is 0 Å². The molecule has 16 heavy (non-hydrogen) atoms. The molecule has 2 nitrogen and oxygen atoms in total. The Morgan fingerprint density at radius 1 is 1.12 bits per heavy atom. The van der Waals surface area contributed by atoms with Crippen LogP contribution in [-0.2, 0) is 6.42 Å². The number of hydrogen-bond acceptors (Lipinski definition) is 2. The minimum absolute atomic E-state index is 0.852. The second-order valence-corrected chi connectivity index (χ2v) is 4.41. The molecule has 1 aromatic rings. The lowest BCUT2D eigenvalue weighted by Crippen LogP contribution is -2.28. The van der Waals surface area contributed by atoms with Crippen LogP contribution in [0, 0.1) is 0 Å². The SMILES string of the molecule is Nc1ccc(CCCN2CC=CCC2)cc1. The largest absolute Gasteiger partial charge is 0.399 e. The lowest BCUT2D eigenvalue weighted by molar-refractivity contribution is 0.295. The topological polar surface area (TPSA) is 29.3 Å². The fourth-order valence-corrected chi connectivity index (χ4v) is 2.08. The van der Waals surface area contributed by atoms with Crippen molar-refractivity contribution in [1.29, 1.82) is 0 Å². The van der Waals surface area contributed by atoms with Crippen molar-refractivity contribution in [3.63, 3.8) is 0 Å². The third-order valence-corrected chi connectivity index (χ3v) is 3.06. The molecule has 2 rings (SSSR count). The van der Waals surface area contributed by atoms with Crippen LogP contribution in [0.25, 0.3) is 0 Å². The summed E-state index contributed by atoms with van der Waals surface area (Å²) >= 11 is 0. The van der Waals surface area contributed by atoms with Crippen molar-refractivity contribution in [2.75, 3.05) is 25.4 Å². The zero-order chi connectivity index (χ0) is 11.2. The van der Waals surface area contributed by atoms with Gasteiger partial charge in [0, 0.05) is 18.8 Å². The first-order valence-electron chi connectivity index (χ1n) is 6.06. The monoisotopic (exact) mass is 216 g/mol. The van der Waals surface area contributed by atoms with E-state index in [9.17, 15) is 0 Å². The summed E-state index contributed by atoms with van der Waals surface area (Å²) in [5.41, 5.74) is 7.90. The lowest BCUT2D eigenvalue weighted by atomic mass is 10.1. The summed E-state index contributed by atoms with van der Waals surface area (Å²) in [5.74, 6) is 0. The predicted molar refractivity (Wildman–Crippen MR) is 69.4 cm³/mol. The third kappa shape index (κ3) is 3.38. The number of aryl methyl sites for hydroxylation is 1. The quantitative estimate of drug-likeness (QED) is 0.619. The molecule has 1 aromatic carbocycles. The van der Waals surface area contributed by atoms with E-state index in [1.165, 1.54) is 31.5 Å². The van der Waals surface area contributed by atoms with E-state index in [2.05, 4.69) is 29.2 Å². The first-order valence-corrected chi connectivity index (χ1v) is 6.06. The summed E-state index contributed by atoms with van der Waals surface area (Å²) in [5, 5.41) is 0. The van der Waals surface area contributed by atoms with Gasteiger partial charge in [-0.05, 0) is 43.5 Å². The summed E-state index contributed by atoms with van der Waals surface area (Å²) in [7, 11) is 0. The molecular weight excluding hydrogens is 196 g/mol. The number of nitrogen functional groups attached to an aromatic ring is 1. The van der Waals surface area contributed by atoms with E-state index in [1.54, 1.807) is 0 Å². The van der Waals surface area contributed by atoms with Gasteiger partial charge >= 0.3 is 0 Å². The molecule has 1 aliphatic rings. The van der Waals surface area contributed by atoms with Gasteiger partial charge in [-0.15, -0.1) is 0 Å². The molecule has 0 unspecified atom stereocenters. The molecule has 0 fully saturated rings. The van der Waals surface area contributed by atoms with Gasteiger partial charge in [0.05, 0.1) is 0 Å². The molecule has 0 aliphatic carbocycles. The minimum atomic E-state index is 0.852. The molecular formula is C14H20N2. The molecule has 0 saturated carbocycles. The van der Waals surface area contributed by atoms with Gasteiger partial charge in [-0.3, -0.25) is 4.90 Å². The van der Waals surface area contributed by atoms with E-state index >= 15 is 0 Å². The Kier molecular flexibility index (Phi) is 4.00. The Bertz CT molecular complexity index is 340. The van der Waals surface area contributed by atoms with Crippen LogP contribution in [0.3, 0.4) is 0 Å². The van der Waals surface area contributed by atoms with E-state index in [4.69, 9.17) is 5.73 Å². The van der Waals surface area contributed by atoms with Gasteiger partial charge in [0.15, 0.2) is 0 Å². The van der Waals surface area contributed by atoms with E-state index in [0.29, 0.717) is 0 Å².